The molecular formula is C12H9BrClFN2O2S. The predicted octanol–water partition coefficient (Wildman–Crippen LogP) is 3.75. The summed E-state index contributed by atoms with van der Waals surface area (Å²) in [6.07, 6.45) is 1.34. The maximum absolute atomic E-state index is 13.7. The maximum Gasteiger partial charge on any atom is 0.264 e. The molecule has 1 heterocycles. The van der Waals surface area contributed by atoms with Crippen molar-refractivity contribution in [3.63, 3.8) is 0 Å². The number of benzene rings is 1. The molecule has 1 aromatic heterocycles. The Morgan fingerprint density at radius 3 is 2.65 bits per heavy atom. The van der Waals surface area contributed by atoms with Crippen molar-refractivity contribution in [3.05, 3.63) is 51.5 Å². The highest BCUT2D eigenvalue weighted by Gasteiger charge is 2.19. The van der Waals surface area contributed by atoms with Crippen LogP contribution >= 0.6 is 27.5 Å². The molecule has 0 aliphatic heterocycles. The third-order valence-electron chi connectivity index (χ3n) is 2.45. The lowest BCUT2D eigenvalue weighted by molar-refractivity contribution is 0.570. The highest BCUT2D eigenvalue weighted by atomic mass is 79.9. The zero-order valence-electron chi connectivity index (χ0n) is 10.2. The van der Waals surface area contributed by atoms with Gasteiger partial charge in [-0.3, -0.25) is 4.72 Å². The van der Waals surface area contributed by atoms with E-state index in [9.17, 15) is 12.8 Å². The highest BCUT2D eigenvalue weighted by Crippen LogP contribution is 2.23. The second-order valence-corrected chi connectivity index (χ2v) is 6.85. The predicted molar refractivity (Wildman–Crippen MR) is 78.9 cm³/mol. The van der Waals surface area contributed by atoms with Crippen molar-refractivity contribution >= 4 is 43.2 Å². The van der Waals surface area contributed by atoms with E-state index in [0.29, 0.717) is 4.60 Å². The maximum atomic E-state index is 13.7. The first kappa shape index (κ1) is 15.2. The van der Waals surface area contributed by atoms with E-state index in [1.807, 2.05) is 0 Å². The van der Waals surface area contributed by atoms with Crippen molar-refractivity contribution in [1.82, 2.24) is 4.98 Å². The van der Waals surface area contributed by atoms with Crippen LogP contribution in [0, 0.1) is 12.7 Å². The molecule has 0 aliphatic rings. The van der Waals surface area contributed by atoms with Crippen LogP contribution in [0.5, 0.6) is 0 Å². The van der Waals surface area contributed by atoms with E-state index in [1.165, 1.54) is 12.3 Å². The summed E-state index contributed by atoms with van der Waals surface area (Å²) in [5.41, 5.74) is 1.00. The normalized spacial score (nSPS) is 11.4. The van der Waals surface area contributed by atoms with Crippen LogP contribution in [0.25, 0.3) is 0 Å². The van der Waals surface area contributed by atoms with Crippen molar-refractivity contribution in [2.45, 2.75) is 11.8 Å². The first-order chi connectivity index (χ1) is 9.29. The molecule has 2 rings (SSSR count). The van der Waals surface area contributed by atoms with E-state index in [4.69, 9.17) is 11.6 Å². The largest absolute Gasteiger partial charge is 0.278 e. The Morgan fingerprint density at radius 2 is 2.05 bits per heavy atom. The van der Waals surface area contributed by atoms with Crippen LogP contribution in [0.1, 0.15) is 5.56 Å². The minimum absolute atomic E-state index is 0.127. The van der Waals surface area contributed by atoms with Crippen molar-refractivity contribution in [2.24, 2.45) is 0 Å². The van der Waals surface area contributed by atoms with Crippen LogP contribution < -0.4 is 4.72 Å². The zero-order chi connectivity index (χ0) is 14.9. The summed E-state index contributed by atoms with van der Waals surface area (Å²) in [4.78, 5) is 3.50. The Balaban J connectivity index is 2.38. The quantitative estimate of drug-likeness (QED) is 0.826. The van der Waals surface area contributed by atoms with Gasteiger partial charge >= 0.3 is 0 Å². The molecule has 0 saturated heterocycles. The third kappa shape index (κ3) is 3.28. The van der Waals surface area contributed by atoms with E-state index in [2.05, 4.69) is 25.6 Å². The molecule has 1 N–H and O–H groups in total. The molecular weight excluding hydrogens is 371 g/mol. The Labute approximate surface area is 129 Å². The van der Waals surface area contributed by atoms with E-state index < -0.39 is 20.7 Å². The highest BCUT2D eigenvalue weighted by molar-refractivity contribution is 9.10. The van der Waals surface area contributed by atoms with Crippen molar-refractivity contribution < 1.29 is 12.8 Å². The lowest BCUT2D eigenvalue weighted by atomic mass is 10.3. The van der Waals surface area contributed by atoms with Gasteiger partial charge in [0.05, 0.1) is 11.9 Å². The van der Waals surface area contributed by atoms with Gasteiger partial charge in [-0.05, 0) is 52.7 Å². The van der Waals surface area contributed by atoms with Crippen molar-refractivity contribution in [2.75, 3.05) is 4.72 Å². The van der Waals surface area contributed by atoms with E-state index >= 15 is 0 Å². The van der Waals surface area contributed by atoms with Gasteiger partial charge in [0.1, 0.15) is 15.3 Å². The van der Waals surface area contributed by atoms with Crippen LogP contribution in [0.4, 0.5) is 10.1 Å². The third-order valence-corrected chi connectivity index (χ3v) is 4.93. The lowest BCUT2D eigenvalue weighted by Crippen LogP contribution is -2.14. The number of nitrogens with zero attached hydrogens (tertiary/aromatic N) is 1. The summed E-state index contributed by atoms with van der Waals surface area (Å²) >= 11 is 8.81. The number of sulfonamides is 1. The monoisotopic (exact) mass is 378 g/mol. The second kappa shape index (κ2) is 5.67. The molecule has 20 heavy (non-hydrogen) atoms. The Morgan fingerprint density at radius 1 is 1.35 bits per heavy atom. The minimum Gasteiger partial charge on any atom is -0.278 e. The number of nitrogens with one attached hydrogen (secondary N) is 1. The number of rotatable bonds is 3. The molecule has 0 radical (unpaired) electrons. The summed E-state index contributed by atoms with van der Waals surface area (Å²) in [6.45, 7) is 1.76. The molecule has 0 aliphatic carbocycles. The number of aromatic nitrogens is 1. The Hall–Kier alpha value is -1.18. The standard InChI is InChI=1S/C12H9BrClFN2O2S/c1-7-4-9(6-16-12(7)13)17-20(18,19)11-3-2-8(14)5-10(11)15/h2-6,17H,1H3. The first-order valence-corrected chi connectivity index (χ1v) is 8.05. The van der Waals surface area contributed by atoms with Gasteiger partial charge in [0, 0.05) is 5.02 Å². The molecule has 2 aromatic rings. The number of anilines is 1. The molecule has 0 spiro atoms. The average molecular weight is 380 g/mol. The van der Waals surface area contributed by atoms with Crippen LogP contribution in [0.15, 0.2) is 40.0 Å². The molecule has 0 fully saturated rings. The number of aryl methyl sites for hydroxylation is 1. The summed E-state index contributed by atoms with van der Waals surface area (Å²) in [5, 5.41) is 0.127. The fourth-order valence-corrected chi connectivity index (χ4v) is 2.99. The summed E-state index contributed by atoms with van der Waals surface area (Å²) in [7, 11) is -4.03. The number of pyridine rings is 1. The molecule has 0 atom stereocenters. The molecule has 0 bridgehead atoms. The molecule has 1 aromatic carbocycles. The van der Waals surface area contributed by atoms with Gasteiger partial charge in [0.15, 0.2) is 0 Å². The van der Waals surface area contributed by atoms with E-state index in [0.717, 1.165) is 17.7 Å². The number of hydrogen-bond acceptors (Lipinski definition) is 3. The topological polar surface area (TPSA) is 59.1 Å². The molecule has 0 saturated carbocycles. The Kier molecular flexibility index (Phi) is 4.31. The SMILES string of the molecule is Cc1cc(NS(=O)(=O)c2ccc(Cl)cc2F)cnc1Br. The summed E-state index contributed by atoms with van der Waals surface area (Å²) in [5.74, 6) is -0.910. The van der Waals surface area contributed by atoms with E-state index in [-0.39, 0.29) is 10.7 Å². The zero-order valence-corrected chi connectivity index (χ0v) is 13.4. The van der Waals surface area contributed by atoms with Gasteiger partial charge in [-0.1, -0.05) is 11.6 Å². The lowest BCUT2D eigenvalue weighted by Gasteiger charge is -2.09. The molecule has 0 unspecified atom stereocenters. The van der Waals surface area contributed by atoms with Crippen LogP contribution in [0.3, 0.4) is 0 Å². The van der Waals surface area contributed by atoms with Crippen molar-refractivity contribution in [3.8, 4) is 0 Å². The summed E-state index contributed by atoms with van der Waals surface area (Å²) in [6, 6.07) is 4.95. The van der Waals surface area contributed by atoms with Crippen LogP contribution in [0.2, 0.25) is 5.02 Å². The van der Waals surface area contributed by atoms with Crippen LogP contribution in [-0.4, -0.2) is 13.4 Å². The van der Waals surface area contributed by atoms with Crippen molar-refractivity contribution in [1.29, 1.82) is 0 Å². The van der Waals surface area contributed by atoms with Gasteiger partial charge in [-0.25, -0.2) is 17.8 Å². The van der Waals surface area contributed by atoms with Gasteiger partial charge in [0.25, 0.3) is 10.0 Å². The fraction of sp³-hybridized carbons (Fsp3) is 0.0833. The van der Waals surface area contributed by atoms with Gasteiger partial charge in [0.2, 0.25) is 0 Å². The minimum atomic E-state index is -4.03. The first-order valence-electron chi connectivity index (χ1n) is 5.39. The molecule has 4 nitrogen and oxygen atoms in total. The Bertz CT molecular complexity index is 768. The van der Waals surface area contributed by atoms with Gasteiger partial charge < -0.3 is 0 Å². The smallest absolute Gasteiger partial charge is 0.264 e. The number of halogens is 3. The van der Waals surface area contributed by atoms with E-state index in [1.54, 1.807) is 13.0 Å². The average Bonchev–Trinajstić information content (AvgIpc) is 2.33. The fourth-order valence-electron chi connectivity index (χ4n) is 1.52. The van der Waals surface area contributed by atoms with Crippen LogP contribution in [-0.2, 0) is 10.0 Å². The number of hydrogen-bond donors (Lipinski definition) is 1. The van der Waals surface area contributed by atoms with Gasteiger partial charge in [-0.15, -0.1) is 0 Å². The second-order valence-electron chi connectivity index (χ2n) is 4.01. The molecule has 8 heteroatoms. The molecule has 0 amide bonds. The molecule has 106 valence electrons. The van der Waals surface area contributed by atoms with Gasteiger partial charge in [-0.2, -0.15) is 0 Å². The summed E-state index contributed by atoms with van der Waals surface area (Å²) < 4.78 is 40.7.